The van der Waals surface area contributed by atoms with Crippen LogP contribution in [0.25, 0.3) is 0 Å². The number of likely N-dealkylation sites (N-methyl/N-ethyl adjacent to an activating group) is 1. The Bertz CT molecular complexity index is 435. The molecule has 3 N–H and O–H groups in total. The number of carbonyl (C=O) groups is 1. The smallest absolute Gasteiger partial charge is 0.243 e. The Kier molecular flexibility index (Phi) is 5.46. The van der Waals surface area contributed by atoms with Crippen molar-refractivity contribution in [3.05, 3.63) is 35.9 Å². The van der Waals surface area contributed by atoms with Crippen molar-refractivity contribution in [2.24, 2.45) is 5.73 Å². The standard InChI is InChI=1S/C15H22N2O2S/c1-17-15(14(16)18,12-6-3-2-4-7-12)11-20-10-13-8-5-9-19-13/h2-4,6-7,13,17H,5,8-11H2,1H3,(H2,16,18). The van der Waals surface area contributed by atoms with Crippen LogP contribution >= 0.6 is 11.8 Å². The molecular formula is C15H22N2O2S. The maximum absolute atomic E-state index is 12.0. The van der Waals surface area contributed by atoms with E-state index in [0.29, 0.717) is 11.9 Å². The molecule has 1 fully saturated rings. The number of hydrogen-bond donors (Lipinski definition) is 2. The Balaban J connectivity index is 2.05. The summed E-state index contributed by atoms with van der Waals surface area (Å²) in [7, 11) is 1.78. The van der Waals surface area contributed by atoms with Crippen molar-refractivity contribution in [1.29, 1.82) is 0 Å². The molecule has 1 aliphatic heterocycles. The largest absolute Gasteiger partial charge is 0.377 e. The lowest BCUT2D eigenvalue weighted by atomic mass is 9.91. The van der Waals surface area contributed by atoms with E-state index in [1.54, 1.807) is 18.8 Å². The second kappa shape index (κ2) is 7.11. The first-order chi connectivity index (χ1) is 9.69. The predicted octanol–water partition coefficient (Wildman–Crippen LogP) is 1.50. The fourth-order valence-corrected chi connectivity index (χ4v) is 3.88. The molecule has 0 bridgehead atoms. The number of rotatable bonds is 7. The van der Waals surface area contributed by atoms with Crippen molar-refractivity contribution in [3.8, 4) is 0 Å². The van der Waals surface area contributed by atoms with Crippen LogP contribution in [-0.2, 0) is 15.1 Å². The zero-order valence-corrected chi connectivity index (χ0v) is 12.6. The molecule has 4 nitrogen and oxygen atoms in total. The SMILES string of the molecule is CNC(CSCC1CCCO1)(C(N)=O)c1ccccc1. The molecule has 1 amide bonds. The quantitative estimate of drug-likeness (QED) is 0.800. The minimum atomic E-state index is -0.815. The fraction of sp³-hybridized carbons (Fsp3) is 0.533. The van der Waals surface area contributed by atoms with E-state index < -0.39 is 5.54 Å². The molecule has 1 heterocycles. The lowest BCUT2D eigenvalue weighted by Crippen LogP contribution is -2.53. The first kappa shape index (κ1) is 15.4. The number of carbonyl (C=O) groups excluding carboxylic acids is 1. The van der Waals surface area contributed by atoms with Gasteiger partial charge in [0.15, 0.2) is 0 Å². The number of benzene rings is 1. The molecule has 1 aliphatic rings. The molecule has 0 spiro atoms. The van der Waals surface area contributed by atoms with Crippen molar-refractivity contribution in [2.45, 2.75) is 24.5 Å². The third kappa shape index (κ3) is 3.34. The number of amides is 1. The van der Waals surface area contributed by atoms with Crippen molar-refractivity contribution in [3.63, 3.8) is 0 Å². The van der Waals surface area contributed by atoms with Crippen LogP contribution in [0, 0.1) is 0 Å². The first-order valence-electron chi connectivity index (χ1n) is 6.93. The van der Waals surface area contributed by atoms with E-state index in [-0.39, 0.29) is 5.91 Å². The third-order valence-electron chi connectivity index (χ3n) is 3.76. The molecule has 0 radical (unpaired) electrons. The van der Waals surface area contributed by atoms with Gasteiger partial charge in [0, 0.05) is 18.1 Å². The summed E-state index contributed by atoms with van der Waals surface area (Å²) in [6.45, 7) is 0.858. The van der Waals surface area contributed by atoms with Crippen LogP contribution in [0.2, 0.25) is 0 Å². The average Bonchev–Trinajstić information content (AvgIpc) is 2.97. The van der Waals surface area contributed by atoms with E-state index in [1.807, 2.05) is 30.3 Å². The number of thioether (sulfide) groups is 1. The van der Waals surface area contributed by atoms with Crippen molar-refractivity contribution < 1.29 is 9.53 Å². The Morgan fingerprint density at radius 3 is 2.80 bits per heavy atom. The van der Waals surface area contributed by atoms with Gasteiger partial charge in [0.2, 0.25) is 5.91 Å². The Morgan fingerprint density at radius 1 is 1.50 bits per heavy atom. The van der Waals surface area contributed by atoms with Crippen LogP contribution in [-0.4, -0.2) is 37.2 Å². The van der Waals surface area contributed by atoms with Crippen LogP contribution in [0.3, 0.4) is 0 Å². The number of nitrogens with two attached hydrogens (primary N) is 1. The summed E-state index contributed by atoms with van der Waals surface area (Å²) < 4.78 is 5.61. The minimum absolute atomic E-state index is 0.318. The van der Waals surface area contributed by atoms with Gasteiger partial charge in [-0.05, 0) is 25.5 Å². The molecule has 2 atom stereocenters. The first-order valence-corrected chi connectivity index (χ1v) is 8.08. The Hall–Kier alpha value is -1.04. The van der Waals surface area contributed by atoms with E-state index in [1.165, 1.54) is 0 Å². The summed E-state index contributed by atoms with van der Waals surface area (Å²) in [4.78, 5) is 12.0. The van der Waals surface area contributed by atoms with Gasteiger partial charge in [0.25, 0.3) is 0 Å². The fourth-order valence-electron chi connectivity index (χ4n) is 2.48. The molecule has 110 valence electrons. The normalized spacial score (nSPS) is 21.6. The lowest BCUT2D eigenvalue weighted by Gasteiger charge is -2.30. The zero-order chi connectivity index (χ0) is 14.4. The van der Waals surface area contributed by atoms with E-state index >= 15 is 0 Å². The summed E-state index contributed by atoms with van der Waals surface area (Å²) in [5.41, 5.74) is 5.76. The van der Waals surface area contributed by atoms with Crippen LogP contribution in [0.5, 0.6) is 0 Å². The van der Waals surface area contributed by atoms with Gasteiger partial charge in [0.1, 0.15) is 5.54 Å². The second-order valence-electron chi connectivity index (χ2n) is 5.04. The van der Waals surface area contributed by atoms with Gasteiger partial charge in [-0.2, -0.15) is 11.8 Å². The molecule has 2 rings (SSSR count). The zero-order valence-electron chi connectivity index (χ0n) is 11.8. The Labute approximate surface area is 124 Å². The van der Waals surface area contributed by atoms with Crippen molar-refractivity contribution in [2.75, 3.05) is 25.2 Å². The highest BCUT2D eigenvalue weighted by Crippen LogP contribution is 2.27. The number of hydrogen-bond acceptors (Lipinski definition) is 4. The molecule has 20 heavy (non-hydrogen) atoms. The molecular weight excluding hydrogens is 272 g/mol. The van der Waals surface area contributed by atoms with Gasteiger partial charge in [-0.15, -0.1) is 0 Å². The molecule has 2 unspecified atom stereocenters. The third-order valence-corrected chi connectivity index (χ3v) is 5.00. The number of nitrogens with one attached hydrogen (secondary N) is 1. The molecule has 0 saturated carbocycles. The summed E-state index contributed by atoms with van der Waals surface area (Å²) in [5, 5.41) is 3.12. The highest BCUT2D eigenvalue weighted by Gasteiger charge is 2.37. The minimum Gasteiger partial charge on any atom is -0.377 e. The molecule has 1 aromatic rings. The lowest BCUT2D eigenvalue weighted by molar-refractivity contribution is -0.123. The van der Waals surface area contributed by atoms with Gasteiger partial charge >= 0.3 is 0 Å². The molecule has 0 aliphatic carbocycles. The van der Waals surface area contributed by atoms with Crippen LogP contribution in [0.15, 0.2) is 30.3 Å². The van der Waals surface area contributed by atoms with E-state index in [0.717, 1.165) is 30.8 Å². The van der Waals surface area contributed by atoms with Crippen molar-refractivity contribution in [1.82, 2.24) is 5.32 Å². The van der Waals surface area contributed by atoms with Gasteiger partial charge in [0.05, 0.1) is 6.10 Å². The monoisotopic (exact) mass is 294 g/mol. The maximum atomic E-state index is 12.0. The second-order valence-corrected chi connectivity index (χ2v) is 6.07. The average molecular weight is 294 g/mol. The number of ether oxygens (including phenoxy) is 1. The highest BCUT2D eigenvalue weighted by atomic mass is 32.2. The van der Waals surface area contributed by atoms with Gasteiger partial charge < -0.3 is 15.8 Å². The Morgan fingerprint density at radius 2 is 2.25 bits per heavy atom. The topological polar surface area (TPSA) is 64.3 Å². The van der Waals surface area contributed by atoms with Crippen LogP contribution in [0.4, 0.5) is 0 Å². The van der Waals surface area contributed by atoms with Crippen LogP contribution < -0.4 is 11.1 Å². The summed E-state index contributed by atoms with van der Waals surface area (Å²) in [6, 6.07) is 9.66. The van der Waals surface area contributed by atoms with Crippen molar-refractivity contribution >= 4 is 17.7 Å². The maximum Gasteiger partial charge on any atom is 0.243 e. The summed E-state index contributed by atoms with van der Waals surface area (Å²) in [6.07, 6.45) is 2.57. The van der Waals surface area contributed by atoms with E-state index in [9.17, 15) is 4.79 Å². The molecule has 0 aromatic heterocycles. The van der Waals surface area contributed by atoms with E-state index in [4.69, 9.17) is 10.5 Å². The van der Waals surface area contributed by atoms with E-state index in [2.05, 4.69) is 5.32 Å². The molecule has 5 heteroatoms. The highest BCUT2D eigenvalue weighted by molar-refractivity contribution is 7.99. The number of primary amides is 1. The molecule has 1 aromatic carbocycles. The van der Waals surface area contributed by atoms with Crippen LogP contribution in [0.1, 0.15) is 18.4 Å². The van der Waals surface area contributed by atoms with Gasteiger partial charge in [-0.1, -0.05) is 30.3 Å². The molecule has 1 saturated heterocycles. The summed E-state index contributed by atoms with van der Waals surface area (Å²) >= 11 is 1.72. The van der Waals surface area contributed by atoms with Gasteiger partial charge in [-0.25, -0.2) is 0 Å². The van der Waals surface area contributed by atoms with Gasteiger partial charge in [-0.3, -0.25) is 4.79 Å². The summed E-state index contributed by atoms with van der Waals surface area (Å²) in [5.74, 6) is 1.18. The predicted molar refractivity (Wildman–Crippen MR) is 82.7 cm³/mol.